The number of hydrogen-bond acceptors (Lipinski definition) is 5. The molecule has 0 unspecified atom stereocenters. The second-order valence-electron chi connectivity index (χ2n) is 12.8. The minimum atomic E-state index is -0.115. The summed E-state index contributed by atoms with van der Waals surface area (Å²) in [5, 5.41) is 3.21. The van der Waals surface area contributed by atoms with Gasteiger partial charge in [-0.2, -0.15) is 0 Å². The van der Waals surface area contributed by atoms with Crippen molar-refractivity contribution in [3.63, 3.8) is 0 Å². The second kappa shape index (κ2) is 11.0. The molecule has 0 saturated carbocycles. The normalized spacial score (nSPS) is 15.2. The first kappa shape index (κ1) is 29.1. The third-order valence-electron chi connectivity index (χ3n) is 7.81. The Morgan fingerprint density at radius 3 is 2.15 bits per heavy atom. The van der Waals surface area contributed by atoms with E-state index in [1.807, 2.05) is 18.7 Å². The van der Waals surface area contributed by atoms with Crippen LogP contribution in [0.4, 0.5) is 0 Å². The van der Waals surface area contributed by atoms with Gasteiger partial charge in [0.05, 0.1) is 12.8 Å². The van der Waals surface area contributed by atoms with E-state index >= 15 is 0 Å². The van der Waals surface area contributed by atoms with Crippen molar-refractivity contribution in [2.75, 3.05) is 20.2 Å². The molecule has 7 nitrogen and oxygen atoms in total. The number of likely N-dealkylation sites (tertiary alicyclic amines) is 1. The summed E-state index contributed by atoms with van der Waals surface area (Å²) in [7, 11) is 1.76. The predicted octanol–water partition coefficient (Wildman–Crippen LogP) is 6.11. The molecule has 0 spiro atoms. The lowest BCUT2D eigenvalue weighted by molar-refractivity contribution is -0.133. The number of carbonyl (C=O) groups is 1. The zero-order valence-electron chi connectivity index (χ0n) is 25.1. The first-order valence-corrected chi connectivity index (χ1v) is 14.9. The van der Waals surface area contributed by atoms with Gasteiger partial charge in [0.2, 0.25) is 5.91 Å². The van der Waals surface area contributed by atoms with Crippen LogP contribution in [-0.4, -0.2) is 45.1 Å². The van der Waals surface area contributed by atoms with Crippen LogP contribution in [0.25, 0.3) is 10.6 Å². The van der Waals surface area contributed by atoms with E-state index in [4.69, 9.17) is 9.72 Å². The molecule has 8 heteroatoms. The van der Waals surface area contributed by atoms with Gasteiger partial charge in [-0.1, -0.05) is 41.5 Å². The minimum Gasteiger partial charge on any atom is -0.496 e. The van der Waals surface area contributed by atoms with Crippen molar-refractivity contribution in [1.82, 2.24) is 19.0 Å². The maximum atomic E-state index is 13.0. The molecular formula is C31H44N4O3S. The number of amides is 1. The lowest BCUT2D eigenvalue weighted by atomic mass is 9.78. The van der Waals surface area contributed by atoms with Crippen molar-refractivity contribution in [3.05, 3.63) is 56.7 Å². The number of thiazole rings is 1. The number of piperidine rings is 1. The van der Waals surface area contributed by atoms with Gasteiger partial charge in [-0.15, -0.1) is 11.3 Å². The number of rotatable bonds is 6. The first-order valence-electron chi connectivity index (χ1n) is 14.0. The van der Waals surface area contributed by atoms with E-state index < -0.39 is 0 Å². The van der Waals surface area contributed by atoms with Gasteiger partial charge in [0.15, 0.2) is 0 Å². The topological polar surface area (TPSA) is 69.4 Å². The minimum absolute atomic E-state index is 0.00502. The third-order valence-corrected chi connectivity index (χ3v) is 8.72. The van der Waals surface area contributed by atoms with Gasteiger partial charge in [0, 0.05) is 59.5 Å². The molecule has 3 heterocycles. The fourth-order valence-corrected chi connectivity index (χ4v) is 6.41. The molecule has 1 fully saturated rings. The van der Waals surface area contributed by atoms with Crippen molar-refractivity contribution in [3.8, 4) is 16.3 Å². The van der Waals surface area contributed by atoms with Gasteiger partial charge >= 0.3 is 5.69 Å². The molecule has 1 aliphatic rings. The van der Waals surface area contributed by atoms with Crippen LogP contribution in [-0.2, 0) is 28.7 Å². The van der Waals surface area contributed by atoms with Gasteiger partial charge < -0.3 is 9.64 Å². The van der Waals surface area contributed by atoms with Crippen LogP contribution >= 0.6 is 11.3 Å². The number of aryl methyl sites for hydroxylation is 1. The second-order valence-corrected chi connectivity index (χ2v) is 13.6. The number of ether oxygens (including phenoxy) is 1. The monoisotopic (exact) mass is 552 g/mol. The maximum absolute atomic E-state index is 13.0. The molecule has 2 aromatic heterocycles. The molecule has 0 atom stereocenters. The van der Waals surface area contributed by atoms with Crippen LogP contribution in [0.3, 0.4) is 0 Å². The lowest BCUT2D eigenvalue weighted by Gasteiger charge is -2.31. The van der Waals surface area contributed by atoms with E-state index in [1.54, 1.807) is 29.2 Å². The predicted molar refractivity (Wildman–Crippen MR) is 159 cm³/mol. The van der Waals surface area contributed by atoms with Crippen LogP contribution in [0.1, 0.15) is 89.7 Å². The molecule has 1 amide bonds. The summed E-state index contributed by atoms with van der Waals surface area (Å²) >= 11 is 1.69. The summed E-state index contributed by atoms with van der Waals surface area (Å²) in [6.45, 7) is 19.3. The van der Waals surface area contributed by atoms with Crippen molar-refractivity contribution in [2.45, 2.75) is 98.1 Å². The fraction of sp³-hybridized carbons (Fsp3) is 0.581. The molecule has 1 saturated heterocycles. The summed E-state index contributed by atoms with van der Waals surface area (Å²) in [6, 6.07) is 4.49. The van der Waals surface area contributed by atoms with Crippen molar-refractivity contribution in [1.29, 1.82) is 0 Å². The molecule has 0 radical (unpaired) electrons. The van der Waals surface area contributed by atoms with Crippen LogP contribution in [0.15, 0.2) is 28.5 Å². The number of benzene rings is 1. The summed E-state index contributed by atoms with van der Waals surface area (Å²) < 4.78 is 9.16. The number of hydrogen-bond donors (Lipinski definition) is 0. The number of aromatic nitrogens is 3. The van der Waals surface area contributed by atoms with E-state index in [0.717, 1.165) is 40.6 Å². The average molecular weight is 553 g/mol. The van der Waals surface area contributed by atoms with Crippen molar-refractivity contribution < 1.29 is 9.53 Å². The number of imidazole rings is 1. The van der Waals surface area contributed by atoms with E-state index in [1.165, 1.54) is 15.7 Å². The lowest BCUT2D eigenvalue weighted by Crippen LogP contribution is -2.41. The Kier molecular flexibility index (Phi) is 8.18. The molecular weight excluding hydrogens is 508 g/mol. The summed E-state index contributed by atoms with van der Waals surface area (Å²) in [5.41, 5.74) is 5.27. The molecule has 4 rings (SSSR count). The zero-order chi connectivity index (χ0) is 28.7. The third kappa shape index (κ3) is 6.01. The molecule has 0 aliphatic carbocycles. The Labute approximate surface area is 236 Å². The standard InChI is InChI=1S/C31H44N4O3S/c1-10-35-20(2)17-34(29(35)37)18-26(36)33-13-11-21(12-14-33)25-19-39-28(32-25)22-15-23(30(3,4)5)27(38-9)24(16-22)31(6,7)8/h15-17,19,21H,10-14,18H2,1-9H3. The smallest absolute Gasteiger partial charge is 0.328 e. The maximum Gasteiger partial charge on any atom is 0.328 e. The molecule has 212 valence electrons. The van der Waals surface area contributed by atoms with E-state index in [2.05, 4.69) is 59.1 Å². The van der Waals surface area contributed by atoms with Crippen molar-refractivity contribution >= 4 is 17.2 Å². The fourth-order valence-electron chi connectivity index (χ4n) is 5.52. The van der Waals surface area contributed by atoms with Gasteiger partial charge in [0.1, 0.15) is 17.3 Å². The van der Waals surface area contributed by atoms with Crippen LogP contribution in [0.5, 0.6) is 5.75 Å². The van der Waals surface area contributed by atoms with Gasteiger partial charge in [0.25, 0.3) is 0 Å². The van der Waals surface area contributed by atoms with Crippen molar-refractivity contribution in [2.24, 2.45) is 0 Å². The molecule has 0 N–H and O–H groups in total. The number of nitrogens with zero attached hydrogens (tertiary/aromatic N) is 4. The Morgan fingerprint density at radius 1 is 1.08 bits per heavy atom. The largest absolute Gasteiger partial charge is 0.496 e. The first-order chi connectivity index (χ1) is 18.2. The molecule has 39 heavy (non-hydrogen) atoms. The van der Waals surface area contributed by atoms with Crippen LogP contribution < -0.4 is 10.4 Å². The SMILES string of the molecule is CCn1c(C)cn(CC(=O)N2CCC(c3csc(-c4cc(C(C)(C)C)c(OC)c(C(C)(C)C)c4)n3)CC2)c1=O. The quantitative estimate of drug-likeness (QED) is 0.370. The molecule has 0 bridgehead atoms. The summed E-state index contributed by atoms with van der Waals surface area (Å²) in [5.74, 6) is 1.30. The van der Waals surface area contributed by atoms with E-state index in [-0.39, 0.29) is 29.0 Å². The highest BCUT2D eigenvalue weighted by atomic mass is 32.1. The Hall–Kier alpha value is -2.87. The Morgan fingerprint density at radius 2 is 1.67 bits per heavy atom. The molecule has 1 aromatic carbocycles. The Bertz CT molecular complexity index is 1360. The van der Waals surface area contributed by atoms with Gasteiger partial charge in [-0.05, 0) is 49.7 Å². The van der Waals surface area contributed by atoms with Crippen LogP contribution in [0.2, 0.25) is 0 Å². The summed E-state index contributed by atoms with van der Waals surface area (Å²) in [4.78, 5) is 32.5. The highest BCUT2D eigenvalue weighted by Gasteiger charge is 2.29. The molecule has 1 aliphatic heterocycles. The number of carbonyl (C=O) groups excluding carboxylic acids is 1. The van der Waals surface area contributed by atoms with E-state index in [9.17, 15) is 9.59 Å². The van der Waals surface area contributed by atoms with Gasteiger partial charge in [-0.3, -0.25) is 13.9 Å². The van der Waals surface area contributed by atoms with E-state index in [0.29, 0.717) is 25.6 Å². The summed E-state index contributed by atoms with van der Waals surface area (Å²) in [6.07, 6.45) is 3.53. The zero-order valence-corrected chi connectivity index (χ0v) is 25.9. The Balaban J connectivity index is 1.50. The van der Waals surface area contributed by atoms with Crippen LogP contribution in [0, 0.1) is 6.92 Å². The average Bonchev–Trinajstić information content (AvgIpc) is 3.46. The number of methoxy groups -OCH3 is 1. The highest BCUT2D eigenvalue weighted by Crippen LogP contribution is 2.43. The highest BCUT2D eigenvalue weighted by molar-refractivity contribution is 7.13. The van der Waals surface area contributed by atoms with Gasteiger partial charge in [-0.25, -0.2) is 9.78 Å². The molecule has 3 aromatic rings.